The van der Waals surface area contributed by atoms with E-state index in [1.807, 2.05) is 0 Å². The Bertz CT molecular complexity index is 404. The van der Waals surface area contributed by atoms with Crippen LogP contribution in [0.2, 0.25) is 5.02 Å². The third kappa shape index (κ3) is 2.47. The molecule has 0 aliphatic heterocycles. The van der Waals surface area contributed by atoms with Gasteiger partial charge in [-0.05, 0) is 19.1 Å². The largest absolute Gasteiger partial charge is 0.462 e. The molecule has 1 aromatic carbocycles. The van der Waals surface area contributed by atoms with Crippen LogP contribution in [-0.2, 0) is 4.74 Å². The molecule has 0 aliphatic rings. The Morgan fingerprint density at radius 3 is 2.80 bits per heavy atom. The fourth-order valence-corrected chi connectivity index (χ4v) is 1.29. The van der Waals surface area contributed by atoms with Gasteiger partial charge in [-0.2, -0.15) is 0 Å². The Hall–Kier alpha value is -1.55. The molecular weight excluding hydrogens is 218 g/mol. The second kappa shape index (κ2) is 4.79. The first-order chi connectivity index (χ1) is 7.10. The Labute approximate surface area is 92.0 Å². The molecule has 0 aliphatic carbocycles. The van der Waals surface area contributed by atoms with Gasteiger partial charge in [-0.1, -0.05) is 11.6 Å². The number of carbonyl (C=O) groups excluding carboxylic acids is 2. The predicted molar refractivity (Wildman–Crippen MR) is 57.2 cm³/mol. The molecule has 80 valence electrons. The van der Waals surface area contributed by atoms with Crippen molar-refractivity contribution in [3.8, 4) is 0 Å². The summed E-state index contributed by atoms with van der Waals surface area (Å²) in [5.74, 6) is -0.547. The number of aldehydes is 1. The van der Waals surface area contributed by atoms with Crippen molar-refractivity contribution in [2.24, 2.45) is 0 Å². The molecule has 1 rings (SSSR count). The highest BCUT2D eigenvalue weighted by atomic mass is 35.5. The van der Waals surface area contributed by atoms with Crippen LogP contribution >= 0.6 is 11.6 Å². The summed E-state index contributed by atoms with van der Waals surface area (Å²) >= 11 is 5.75. The van der Waals surface area contributed by atoms with E-state index >= 15 is 0 Å². The summed E-state index contributed by atoms with van der Waals surface area (Å²) in [7, 11) is 0. The molecule has 0 amide bonds. The maximum absolute atomic E-state index is 11.4. The third-order valence-corrected chi connectivity index (χ3v) is 2.12. The number of carbonyl (C=O) groups is 2. The SMILES string of the molecule is CCOC(=O)c1cc(Cl)c(C=O)cc1N. The van der Waals surface area contributed by atoms with E-state index in [-0.39, 0.29) is 28.4 Å². The lowest BCUT2D eigenvalue weighted by Gasteiger charge is -2.06. The van der Waals surface area contributed by atoms with Gasteiger partial charge in [0.25, 0.3) is 0 Å². The molecule has 0 bridgehead atoms. The maximum Gasteiger partial charge on any atom is 0.340 e. The molecule has 0 radical (unpaired) electrons. The second-order valence-corrected chi connectivity index (χ2v) is 3.21. The molecule has 15 heavy (non-hydrogen) atoms. The Morgan fingerprint density at radius 2 is 2.27 bits per heavy atom. The molecular formula is C10H10ClNO3. The van der Waals surface area contributed by atoms with Gasteiger partial charge in [0.1, 0.15) is 0 Å². The summed E-state index contributed by atoms with van der Waals surface area (Å²) in [6, 6.07) is 2.68. The highest BCUT2D eigenvalue weighted by Gasteiger charge is 2.13. The molecule has 1 aromatic rings. The van der Waals surface area contributed by atoms with Crippen molar-refractivity contribution in [2.45, 2.75) is 6.92 Å². The number of benzene rings is 1. The molecule has 4 nitrogen and oxygen atoms in total. The number of hydrogen-bond donors (Lipinski definition) is 1. The summed E-state index contributed by atoms with van der Waals surface area (Å²) < 4.78 is 4.77. The summed E-state index contributed by atoms with van der Waals surface area (Å²) in [6.45, 7) is 1.95. The van der Waals surface area contributed by atoms with Gasteiger partial charge in [0.05, 0.1) is 17.2 Å². The molecule has 0 unspecified atom stereocenters. The smallest absolute Gasteiger partial charge is 0.340 e. The summed E-state index contributed by atoms with van der Waals surface area (Å²) in [6.07, 6.45) is 0.577. The molecule has 0 atom stereocenters. The van der Waals surface area contributed by atoms with Gasteiger partial charge < -0.3 is 10.5 Å². The Balaban J connectivity index is 3.15. The minimum Gasteiger partial charge on any atom is -0.462 e. The Kier molecular flexibility index (Phi) is 3.68. The van der Waals surface area contributed by atoms with Crippen molar-refractivity contribution in [3.63, 3.8) is 0 Å². The van der Waals surface area contributed by atoms with E-state index in [1.165, 1.54) is 12.1 Å². The minimum absolute atomic E-state index is 0.174. The van der Waals surface area contributed by atoms with Crippen LogP contribution in [0.5, 0.6) is 0 Å². The van der Waals surface area contributed by atoms with Gasteiger partial charge in [0.2, 0.25) is 0 Å². The lowest BCUT2D eigenvalue weighted by Crippen LogP contribution is -2.08. The predicted octanol–water partition coefficient (Wildman–Crippen LogP) is 1.91. The molecule has 0 fully saturated rings. The molecule has 0 saturated carbocycles. The van der Waals surface area contributed by atoms with Crippen molar-refractivity contribution >= 4 is 29.5 Å². The van der Waals surface area contributed by atoms with Crippen molar-refractivity contribution < 1.29 is 14.3 Å². The van der Waals surface area contributed by atoms with Crippen molar-refractivity contribution in [1.82, 2.24) is 0 Å². The number of halogens is 1. The first-order valence-electron chi connectivity index (χ1n) is 4.31. The van der Waals surface area contributed by atoms with Crippen LogP contribution < -0.4 is 5.73 Å². The normalized spacial score (nSPS) is 9.73. The highest BCUT2D eigenvalue weighted by molar-refractivity contribution is 6.33. The monoisotopic (exact) mass is 227 g/mol. The average molecular weight is 228 g/mol. The standard InChI is InChI=1S/C10H10ClNO3/c1-2-15-10(14)7-4-8(11)6(5-13)3-9(7)12/h3-5H,2,12H2,1H3. The first-order valence-corrected chi connectivity index (χ1v) is 4.69. The fourth-order valence-electron chi connectivity index (χ4n) is 1.08. The minimum atomic E-state index is -0.547. The van der Waals surface area contributed by atoms with Gasteiger partial charge in [0.15, 0.2) is 6.29 Å². The van der Waals surface area contributed by atoms with E-state index < -0.39 is 5.97 Å². The van der Waals surface area contributed by atoms with Crippen LogP contribution in [0, 0.1) is 0 Å². The molecule has 5 heteroatoms. The van der Waals surface area contributed by atoms with Crippen molar-refractivity contribution in [3.05, 3.63) is 28.3 Å². The number of nitrogens with two attached hydrogens (primary N) is 1. The van der Waals surface area contributed by atoms with Crippen LogP contribution in [0.4, 0.5) is 5.69 Å². The molecule has 2 N–H and O–H groups in total. The van der Waals surface area contributed by atoms with E-state index in [9.17, 15) is 9.59 Å². The van der Waals surface area contributed by atoms with Crippen molar-refractivity contribution in [1.29, 1.82) is 0 Å². The summed E-state index contributed by atoms with van der Waals surface area (Å²) in [5, 5.41) is 0.183. The summed E-state index contributed by atoms with van der Waals surface area (Å²) in [5.41, 5.74) is 6.18. The number of hydrogen-bond acceptors (Lipinski definition) is 4. The highest BCUT2D eigenvalue weighted by Crippen LogP contribution is 2.22. The third-order valence-electron chi connectivity index (χ3n) is 1.79. The fraction of sp³-hybridized carbons (Fsp3) is 0.200. The van der Waals surface area contributed by atoms with Crippen LogP contribution in [-0.4, -0.2) is 18.9 Å². The zero-order chi connectivity index (χ0) is 11.4. The van der Waals surface area contributed by atoms with E-state index in [0.29, 0.717) is 6.29 Å². The lowest BCUT2D eigenvalue weighted by molar-refractivity contribution is 0.0527. The molecule has 0 saturated heterocycles. The molecule has 0 spiro atoms. The van der Waals surface area contributed by atoms with Crippen LogP contribution in [0.25, 0.3) is 0 Å². The van der Waals surface area contributed by atoms with E-state index in [2.05, 4.69) is 0 Å². The van der Waals surface area contributed by atoms with Crippen molar-refractivity contribution in [2.75, 3.05) is 12.3 Å². The van der Waals surface area contributed by atoms with E-state index in [0.717, 1.165) is 0 Å². The molecule has 0 heterocycles. The Morgan fingerprint density at radius 1 is 1.60 bits per heavy atom. The lowest BCUT2D eigenvalue weighted by atomic mass is 10.1. The van der Waals surface area contributed by atoms with Gasteiger partial charge in [-0.15, -0.1) is 0 Å². The quantitative estimate of drug-likeness (QED) is 0.487. The topological polar surface area (TPSA) is 69.4 Å². The second-order valence-electron chi connectivity index (χ2n) is 2.80. The number of ether oxygens (including phenoxy) is 1. The number of nitrogen functional groups attached to an aromatic ring is 1. The van der Waals surface area contributed by atoms with Gasteiger partial charge in [-0.25, -0.2) is 4.79 Å². The van der Waals surface area contributed by atoms with Gasteiger partial charge >= 0.3 is 5.97 Å². The summed E-state index contributed by atoms with van der Waals surface area (Å²) in [4.78, 5) is 21.9. The first kappa shape index (κ1) is 11.5. The molecule has 0 aromatic heterocycles. The van der Waals surface area contributed by atoms with Crippen LogP contribution in [0.3, 0.4) is 0 Å². The average Bonchev–Trinajstić information content (AvgIpc) is 2.21. The zero-order valence-electron chi connectivity index (χ0n) is 8.12. The maximum atomic E-state index is 11.4. The van der Waals surface area contributed by atoms with Gasteiger partial charge in [-0.3, -0.25) is 4.79 Å². The van der Waals surface area contributed by atoms with E-state index in [4.69, 9.17) is 22.1 Å². The van der Waals surface area contributed by atoms with E-state index in [1.54, 1.807) is 6.92 Å². The van der Waals surface area contributed by atoms with Crippen LogP contribution in [0.15, 0.2) is 12.1 Å². The van der Waals surface area contributed by atoms with Gasteiger partial charge in [0, 0.05) is 11.3 Å². The number of rotatable bonds is 3. The number of anilines is 1. The zero-order valence-corrected chi connectivity index (χ0v) is 8.88. The van der Waals surface area contributed by atoms with Crippen LogP contribution in [0.1, 0.15) is 27.6 Å². The number of esters is 1.